The summed E-state index contributed by atoms with van der Waals surface area (Å²) in [6.07, 6.45) is -3.06. The van der Waals surface area contributed by atoms with Crippen LogP contribution in [0.4, 0.5) is 14.6 Å². The van der Waals surface area contributed by atoms with E-state index in [1.54, 1.807) is 0 Å². The van der Waals surface area contributed by atoms with Crippen LogP contribution in [0.2, 0.25) is 0 Å². The molecule has 86 valence electrons. The van der Waals surface area contributed by atoms with E-state index in [9.17, 15) is 23.7 Å². The van der Waals surface area contributed by atoms with E-state index in [1.807, 2.05) is 0 Å². The van der Waals surface area contributed by atoms with E-state index < -0.39 is 28.3 Å². The molecule has 16 heavy (non-hydrogen) atoms. The number of carbonyl (C=O) groups excluding carboxylic acids is 1. The molecule has 1 rings (SSSR count). The number of nitro groups is 1. The first-order valence-electron chi connectivity index (χ1n) is 3.98. The van der Waals surface area contributed by atoms with Crippen molar-refractivity contribution in [1.29, 1.82) is 0 Å². The third-order valence-corrected chi connectivity index (χ3v) is 1.77. The van der Waals surface area contributed by atoms with Crippen molar-refractivity contribution in [3.05, 3.63) is 27.3 Å². The SMILES string of the molecule is COc1cc(C=O)c(C(F)F)c([N+](=O)[O-])n1. The molecule has 1 aromatic heterocycles. The minimum absolute atomic E-state index is 0.0959. The van der Waals surface area contributed by atoms with Crippen molar-refractivity contribution in [3.8, 4) is 5.88 Å². The van der Waals surface area contributed by atoms with Gasteiger partial charge in [0, 0.05) is 16.6 Å². The minimum atomic E-state index is -3.15. The van der Waals surface area contributed by atoms with Gasteiger partial charge in [-0.1, -0.05) is 0 Å². The first-order chi connectivity index (χ1) is 7.51. The Hall–Kier alpha value is -2.12. The van der Waals surface area contributed by atoms with Crippen molar-refractivity contribution in [2.45, 2.75) is 6.43 Å². The Labute approximate surface area is 88.0 Å². The summed E-state index contributed by atoms with van der Waals surface area (Å²) < 4.78 is 29.6. The highest BCUT2D eigenvalue weighted by molar-refractivity contribution is 5.79. The first kappa shape index (κ1) is 12.0. The average molecular weight is 232 g/mol. The molecule has 6 nitrogen and oxygen atoms in total. The molecular weight excluding hydrogens is 226 g/mol. The number of ether oxygens (including phenoxy) is 1. The molecule has 0 fully saturated rings. The molecule has 0 amide bonds. The molecule has 8 heteroatoms. The molecule has 0 saturated heterocycles. The molecule has 0 aliphatic heterocycles. The maximum Gasteiger partial charge on any atom is 0.377 e. The second-order valence-corrected chi connectivity index (χ2v) is 2.67. The third kappa shape index (κ3) is 2.10. The van der Waals surface area contributed by atoms with Crippen LogP contribution in [0, 0.1) is 10.1 Å². The molecule has 0 spiro atoms. The number of alkyl halides is 2. The maximum absolute atomic E-state index is 12.5. The van der Waals surface area contributed by atoms with Gasteiger partial charge in [0.2, 0.25) is 0 Å². The molecule has 0 bridgehead atoms. The van der Waals surface area contributed by atoms with Crippen LogP contribution in [0.15, 0.2) is 6.07 Å². The predicted molar refractivity (Wildman–Crippen MR) is 47.8 cm³/mol. The van der Waals surface area contributed by atoms with Crippen LogP contribution in [0.25, 0.3) is 0 Å². The van der Waals surface area contributed by atoms with E-state index in [0.717, 1.165) is 13.2 Å². The summed E-state index contributed by atoms with van der Waals surface area (Å²) in [6, 6.07) is 0.918. The average Bonchev–Trinajstić information content (AvgIpc) is 2.26. The van der Waals surface area contributed by atoms with Crippen molar-refractivity contribution < 1.29 is 23.2 Å². The summed E-state index contributed by atoms with van der Waals surface area (Å²) in [5, 5.41) is 10.5. The summed E-state index contributed by atoms with van der Waals surface area (Å²) in [5.41, 5.74) is -1.51. The summed E-state index contributed by atoms with van der Waals surface area (Å²) >= 11 is 0. The highest BCUT2D eigenvalue weighted by Crippen LogP contribution is 2.32. The van der Waals surface area contributed by atoms with Crippen LogP contribution in [-0.2, 0) is 0 Å². The van der Waals surface area contributed by atoms with Gasteiger partial charge in [-0.05, 0) is 4.92 Å². The standard InChI is InChI=1S/C8H6F2N2O4/c1-16-5-2-4(3-13)6(7(9)10)8(11-5)12(14)15/h2-3,7H,1H3. The van der Waals surface area contributed by atoms with Crippen molar-refractivity contribution in [3.63, 3.8) is 0 Å². The highest BCUT2D eigenvalue weighted by atomic mass is 19.3. The zero-order valence-corrected chi connectivity index (χ0v) is 8.02. The number of pyridine rings is 1. The number of aromatic nitrogens is 1. The Kier molecular flexibility index (Phi) is 3.44. The van der Waals surface area contributed by atoms with Crippen LogP contribution < -0.4 is 4.74 Å². The Morgan fingerprint density at radius 2 is 2.25 bits per heavy atom. The lowest BCUT2D eigenvalue weighted by Crippen LogP contribution is -2.05. The van der Waals surface area contributed by atoms with Gasteiger partial charge in [-0.25, -0.2) is 8.78 Å². The largest absolute Gasteiger partial charge is 0.463 e. The fourth-order valence-electron chi connectivity index (χ4n) is 1.10. The Bertz CT molecular complexity index is 436. The summed E-state index contributed by atoms with van der Waals surface area (Å²) in [5.74, 6) is -1.34. The highest BCUT2D eigenvalue weighted by Gasteiger charge is 2.29. The Morgan fingerprint density at radius 3 is 2.62 bits per heavy atom. The van der Waals surface area contributed by atoms with Gasteiger partial charge in [0.25, 0.3) is 6.43 Å². The van der Waals surface area contributed by atoms with Gasteiger partial charge in [-0.15, -0.1) is 0 Å². The van der Waals surface area contributed by atoms with Gasteiger partial charge < -0.3 is 14.9 Å². The van der Waals surface area contributed by atoms with Crippen LogP contribution in [0.5, 0.6) is 5.88 Å². The normalized spacial score (nSPS) is 10.2. The van der Waals surface area contributed by atoms with Crippen molar-refractivity contribution in [2.75, 3.05) is 7.11 Å². The zero-order valence-electron chi connectivity index (χ0n) is 8.02. The predicted octanol–water partition coefficient (Wildman–Crippen LogP) is 1.75. The molecule has 0 atom stereocenters. The third-order valence-electron chi connectivity index (χ3n) is 1.77. The minimum Gasteiger partial charge on any atom is -0.463 e. The summed E-state index contributed by atoms with van der Waals surface area (Å²) in [6.45, 7) is 0. The van der Waals surface area contributed by atoms with Crippen molar-refractivity contribution in [1.82, 2.24) is 4.98 Å². The quantitative estimate of drug-likeness (QED) is 0.448. The number of halogens is 2. The molecule has 0 aliphatic carbocycles. The fraction of sp³-hybridized carbons (Fsp3) is 0.250. The van der Waals surface area contributed by atoms with Gasteiger partial charge in [0.15, 0.2) is 6.29 Å². The van der Waals surface area contributed by atoms with Crippen LogP contribution in [0.3, 0.4) is 0 Å². The van der Waals surface area contributed by atoms with Crippen LogP contribution in [-0.4, -0.2) is 23.3 Å². The maximum atomic E-state index is 12.5. The van der Waals surface area contributed by atoms with E-state index in [1.165, 1.54) is 0 Å². The Balaban J connectivity index is 3.53. The topological polar surface area (TPSA) is 82.3 Å². The fourth-order valence-corrected chi connectivity index (χ4v) is 1.10. The van der Waals surface area contributed by atoms with Gasteiger partial charge in [-0.2, -0.15) is 0 Å². The second kappa shape index (κ2) is 4.60. The van der Waals surface area contributed by atoms with Gasteiger partial charge >= 0.3 is 11.7 Å². The second-order valence-electron chi connectivity index (χ2n) is 2.67. The lowest BCUT2D eigenvalue weighted by molar-refractivity contribution is -0.391. The molecule has 0 aromatic carbocycles. The molecule has 1 aromatic rings. The number of carbonyl (C=O) groups is 1. The monoisotopic (exact) mass is 232 g/mol. The van der Waals surface area contributed by atoms with E-state index in [0.29, 0.717) is 0 Å². The Morgan fingerprint density at radius 1 is 1.62 bits per heavy atom. The zero-order chi connectivity index (χ0) is 12.3. The molecule has 0 unspecified atom stereocenters. The molecule has 1 heterocycles. The summed E-state index contributed by atoms with van der Waals surface area (Å²) in [7, 11) is 1.16. The van der Waals surface area contributed by atoms with Crippen molar-refractivity contribution in [2.24, 2.45) is 0 Å². The van der Waals surface area contributed by atoms with E-state index in [2.05, 4.69) is 9.72 Å². The number of rotatable bonds is 4. The number of hydrogen-bond donors (Lipinski definition) is 0. The molecular formula is C8H6F2N2O4. The van der Waals surface area contributed by atoms with Gasteiger partial charge in [0.05, 0.1) is 7.11 Å². The summed E-state index contributed by atoms with van der Waals surface area (Å²) in [4.78, 5) is 23.2. The first-order valence-corrected chi connectivity index (χ1v) is 3.98. The van der Waals surface area contributed by atoms with Gasteiger partial charge in [0.1, 0.15) is 5.56 Å². The smallest absolute Gasteiger partial charge is 0.377 e. The van der Waals surface area contributed by atoms with E-state index in [-0.39, 0.29) is 12.2 Å². The molecule has 0 saturated carbocycles. The number of hydrogen-bond acceptors (Lipinski definition) is 5. The van der Waals surface area contributed by atoms with Crippen LogP contribution >= 0.6 is 0 Å². The molecule has 0 radical (unpaired) electrons. The number of methoxy groups -OCH3 is 1. The molecule has 0 aliphatic rings. The van der Waals surface area contributed by atoms with E-state index >= 15 is 0 Å². The van der Waals surface area contributed by atoms with Crippen molar-refractivity contribution >= 4 is 12.1 Å². The van der Waals surface area contributed by atoms with Crippen LogP contribution in [0.1, 0.15) is 22.3 Å². The number of aldehydes is 1. The molecule has 0 N–H and O–H groups in total. The lowest BCUT2D eigenvalue weighted by atomic mass is 10.1. The lowest BCUT2D eigenvalue weighted by Gasteiger charge is -2.04. The van der Waals surface area contributed by atoms with E-state index in [4.69, 9.17) is 0 Å². The van der Waals surface area contributed by atoms with Gasteiger partial charge in [-0.3, -0.25) is 4.79 Å². The number of nitrogens with zero attached hydrogens (tertiary/aromatic N) is 2.